The molecule has 0 amide bonds. The molecule has 20 heavy (non-hydrogen) atoms. The lowest BCUT2D eigenvalue weighted by atomic mass is 10.2. The van der Waals surface area contributed by atoms with E-state index in [0.717, 1.165) is 24.8 Å². The topological polar surface area (TPSA) is 25.8 Å². The average molecular weight is 333 g/mol. The van der Waals surface area contributed by atoms with E-state index >= 15 is 0 Å². The first-order valence-electron chi connectivity index (χ1n) is 6.47. The molecule has 1 aromatic heterocycles. The van der Waals surface area contributed by atoms with Crippen LogP contribution < -0.4 is 0 Å². The molecular formula is C16H14BrFN2. The lowest BCUT2D eigenvalue weighted by molar-refractivity contribution is 0.621. The van der Waals surface area contributed by atoms with E-state index in [1.54, 1.807) is 24.5 Å². The summed E-state index contributed by atoms with van der Waals surface area (Å²) in [5, 5.41) is 0. The smallest absolute Gasteiger partial charge is 0.159 e. The van der Waals surface area contributed by atoms with Gasteiger partial charge in [0, 0.05) is 24.4 Å². The molecule has 0 radical (unpaired) electrons. The molecule has 0 atom stereocenters. The summed E-state index contributed by atoms with van der Waals surface area (Å²) < 4.78 is 13.9. The highest BCUT2D eigenvalue weighted by molar-refractivity contribution is 9.10. The van der Waals surface area contributed by atoms with Gasteiger partial charge in [-0.25, -0.2) is 14.4 Å². The van der Waals surface area contributed by atoms with Gasteiger partial charge < -0.3 is 0 Å². The van der Waals surface area contributed by atoms with Crippen molar-refractivity contribution >= 4 is 15.9 Å². The van der Waals surface area contributed by atoms with Crippen molar-refractivity contribution in [2.75, 3.05) is 0 Å². The third-order valence-electron chi connectivity index (χ3n) is 2.72. The first-order valence-corrected chi connectivity index (χ1v) is 7.26. The van der Waals surface area contributed by atoms with E-state index in [9.17, 15) is 4.39 Å². The van der Waals surface area contributed by atoms with Gasteiger partial charge in [-0.1, -0.05) is 25.2 Å². The Morgan fingerprint density at radius 1 is 1.25 bits per heavy atom. The van der Waals surface area contributed by atoms with Gasteiger partial charge in [-0.2, -0.15) is 0 Å². The van der Waals surface area contributed by atoms with Gasteiger partial charge in [-0.3, -0.25) is 0 Å². The fraction of sp³-hybridized carbons (Fsp3) is 0.250. The zero-order chi connectivity index (χ0) is 14.4. The Hall–Kier alpha value is -1.73. The molecule has 0 N–H and O–H groups in total. The second kappa shape index (κ2) is 7.16. The fourth-order valence-corrected chi connectivity index (χ4v) is 1.85. The SMILES string of the molecule is CCCCC#Cc1cnc(-c2ccc(Br)c(F)c2)nc1. The summed E-state index contributed by atoms with van der Waals surface area (Å²) in [5.74, 6) is 6.28. The van der Waals surface area contributed by atoms with E-state index in [1.807, 2.05) is 0 Å². The van der Waals surface area contributed by atoms with Crippen molar-refractivity contribution in [1.29, 1.82) is 0 Å². The number of hydrogen-bond donors (Lipinski definition) is 0. The Morgan fingerprint density at radius 2 is 2.00 bits per heavy atom. The predicted molar refractivity (Wildman–Crippen MR) is 81.5 cm³/mol. The van der Waals surface area contributed by atoms with Crippen molar-refractivity contribution in [2.24, 2.45) is 0 Å². The van der Waals surface area contributed by atoms with E-state index in [-0.39, 0.29) is 5.82 Å². The highest BCUT2D eigenvalue weighted by Crippen LogP contribution is 2.21. The molecule has 1 aromatic carbocycles. The van der Waals surface area contributed by atoms with Gasteiger partial charge in [0.05, 0.1) is 10.0 Å². The van der Waals surface area contributed by atoms with Gasteiger partial charge in [0.25, 0.3) is 0 Å². The molecule has 0 aliphatic carbocycles. The lowest BCUT2D eigenvalue weighted by Gasteiger charge is -2.01. The second-order valence-electron chi connectivity index (χ2n) is 4.33. The third kappa shape index (κ3) is 3.88. The van der Waals surface area contributed by atoms with E-state index in [0.29, 0.717) is 15.9 Å². The van der Waals surface area contributed by atoms with Crippen LogP contribution >= 0.6 is 15.9 Å². The molecule has 0 spiro atoms. The minimum Gasteiger partial charge on any atom is -0.235 e. The van der Waals surface area contributed by atoms with Crippen LogP contribution in [0.5, 0.6) is 0 Å². The van der Waals surface area contributed by atoms with Crippen molar-refractivity contribution in [3.05, 3.63) is 46.4 Å². The molecule has 1 heterocycles. The molecule has 0 fully saturated rings. The standard InChI is InChI=1S/C16H14BrFN2/c1-2-3-4-5-6-12-10-19-16(20-11-12)13-7-8-14(17)15(18)9-13/h7-11H,2-4H2,1H3. The van der Waals surface area contributed by atoms with Crippen molar-refractivity contribution in [1.82, 2.24) is 9.97 Å². The van der Waals surface area contributed by atoms with Crippen molar-refractivity contribution in [3.63, 3.8) is 0 Å². The van der Waals surface area contributed by atoms with Gasteiger partial charge in [0.2, 0.25) is 0 Å². The zero-order valence-corrected chi connectivity index (χ0v) is 12.7. The second-order valence-corrected chi connectivity index (χ2v) is 5.18. The molecule has 0 aliphatic rings. The highest BCUT2D eigenvalue weighted by Gasteiger charge is 2.05. The Labute approximate surface area is 126 Å². The van der Waals surface area contributed by atoms with E-state index in [4.69, 9.17) is 0 Å². The molecule has 4 heteroatoms. The van der Waals surface area contributed by atoms with E-state index in [2.05, 4.69) is 44.7 Å². The van der Waals surface area contributed by atoms with Crippen LogP contribution in [0.25, 0.3) is 11.4 Å². The highest BCUT2D eigenvalue weighted by atomic mass is 79.9. The first-order chi connectivity index (χ1) is 9.70. The minimum atomic E-state index is -0.325. The maximum absolute atomic E-state index is 13.5. The van der Waals surface area contributed by atoms with Crippen molar-refractivity contribution < 1.29 is 4.39 Å². The molecule has 0 saturated heterocycles. The number of rotatable bonds is 3. The van der Waals surface area contributed by atoms with Gasteiger partial charge in [-0.15, -0.1) is 0 Å². The molecule has 0 unspecified atom stereocenters. The fourth-order valence-electron chi connectivity index (χ4n) is 1.61. The number of benzene rings is 1. The Bertz CT molecular complexity index is 642. The van der Waals surface area contributed by atoms with Gasteiger partial charge in [0.15, 0.2) is 5.82 Å². The predicted octanol–water partition coefficient (Wildman–Crippen LogP) is 4.59. The molecule has 0 saturated carbocycles. The Kier molecular flexibility index (Phi) is 5.25. The first kappa shape index (κ1) is 14.7. The van der Waals surface area contributed by atoms with Crippen LogP contribution in [0.1, 0.15) is 31.7 Å². The molecule has 2 nitrogen and oxygen atoms in total. The molecule has 102 valence electrons. The number of aromatic nitrogens is 2. The summed E-state index contributed by atoms with van der Waals surface area (Å²) in [6, 6.07) is 4.83. The molecule has 0 aliphatic heterocycles. The van der Waals surface area contributed by atoms with Crippen LogP contribution in [0.4, 0.5) is 4.39 Å². The summed E-state index contributed by atoms with van der Waals surface area (Å²) in [4.78, 5) is 8.45. The minimum absolute atomic E-state index is 0.325. The largest absolute Gasteiger partial charge is 0.235 e. The maximum atomic E-state index is 13.5. The van der Waals surface area contributed by atoms with Crippen LogP contribution in [0.2, 0.25) is 0 Å². The van der Waals surface area contributed by atoms with Crippen LogP contribution in [0.3, 0.4) is 0 Å². The third-order valence-corrected chi connectivity index (χ3v) is 3.36. The number of unbranched alkanes of at least 4 members (excludes halogenated alkanes) is 2. The number of hydrogen-bond acceptors (Lipinski definition) is 2. The van der Waals surface area contributed by atoms with Crippen LogP contribution in [-0.4, -0.2) is 9.97 Å². The van der Waals surface area contributed by atoms with Crippen molar-refractivity contribution in [3.8, 4) is 23.2 Å². The number of halogens is 2. The van der Waals surface area contributed by atoms with Gasteiger partial charge in [0.1, 0.15) is 5.82 Å². The summed E-state index contributed by atoms with van der Waals surface area (Å²) in [6.45, 7) is 2.14. The van der Waals surface area contributed by atoms with Crippen molar-refractivity contribution in [2.45, 2.75) is 26.2 Å². The monoisotopic (exact) mass is 332 g/mol. The molecule has 2 aromatic rings. The molecule has 2 rings (SSSR count). The summed E-state index contributed by atoms with van der Waals surface area (Å²) in [6.07, 6.45) is 6.46. The van der Waals surface area contributed by atoms with E-state index < -0.39 is 0 Å². The Balaban J connectivity index is 2.14. The van der Waals surface area contributed by atoms with Gasteiger partial charge in [-0.05, 0) is 40.5 Å². The lowest BCUT2D eigenvalue weighted by Crippen LogP contribution is -1.91. The average Bonchev–Trinajstić information content (AvgIpc) is 2.47. The molecule has 0 bridgehead atoms. The normalized spacial score (nSPS) is 9.95. The zero-order valence-electron chi connectivity index (χ0n) is 11.2. The van der Waals surface area contributed by atoms with Crippen LogP contribution in [-0.2, 0) is 0 Å². The number of nitrogens with zero attached hydrogens (tertiary/aromatic N) is 2. The van der Waals surface area contributed by atoms with Crippen LogP contribution in [0.15, 0.2) is 35.1 Å². The van der Waals surface area contributed by atoms with Gasteiger partial charge >= 0.3 is 0 Å². The summed E-state index contributed by atoms with van der Waals surface area (Å²) >= 11 is 3.12. The van der Waals surface area contributed by atoms with Crippen LogP contribution in [0, 0.1) is 17.7 Å². The summed E-state index contributed by atoms with van der Waals surface area (Å²) in [5.41, 5.74) is 1.43. The molecular weight excluding hydrogens is 319 g/mol. The Morgan fingerprint density at radius 3 is 2.65 bits per heavy atom. The summed E-state index contributed by atoms with van der Waals surface area (Å²) in [7, 11) is 0. The quantitative estimate of drug-likeness (QED) is 0.607. The maximum Gasteiger partial charge on any atom is 0.159 e. The van der Waals surface area contributed by atoms with E-state index in [1.165, 1.54) is 6.07 Å².